The number of aryl methyl sites for hydroxylation is 1. The van der Waals surface area contributed by atoms with Gasteiger partial charge in [-0.2, -0.15) is 4.80 Å². The van der Waals surface area contributed by atoms with E-state index >= 15 is 0 Å². The summed E-state index contributed by atoms with van der Waals surface area (Å²) >= 11 is 0. The van der Waals surface area contributed by atoms with Crippen molar-refractivity contribution in [1.29, 1.82) is 0 Å². The first kappa shape index (κ1) is 19.3. The molecule has 8 heteroatoms. The molecule has 1 N–H and O–H groups in total. The predicted molar refractivity (Wildman–Crippen MR) is 112 cm³/mol. The smallest absolute Gasteiger partial charge is 0.248 e. The average molecular weight is 400 g/mol. The lowest BCUT2D eigenvalue weighted by Gasteiger charge is -2.08. The van der Waals surface area contributed by atoms with Crippen LogP contribution in [0.4, 0.5) is 5.69 Å². The predicted octanol–water partition coefficient (Wildman–Crippen LogP) is 3.26. The average Bonchev–Trinajstić information content (AvgIpc) is 3.23. The molecule has 0 aliphatic heterocycles. The summed E-state index contributed by atoms with van der Waals surface area (Å²) in [5, 5.41) is 15.0. The van der Waals surface area contributed by atoms with Gasteiger partial charge in [0.2, 0.25) is 11.7 Å². The number of pyridine rings is 1. The van der Waals surface area contributed by atoms with Gasteiger partial charge in [-0.15, -0.1) is 10.2 Å². The fourth-order valence-electron chi connectivity index (χ4n) is 2.74. The second-order valence-electron chi connectivity index (χ2n) is 6.73. The van der Waals surface area contributed by atoms with Gasteiger partial charge in [0, 0.05) is 29.2 Å². The Morgan fingerprint density at radius 2 is 1.87 bits per heavy atom. The van der Waals surface area contributed by atoms with Crippen LogP contribution in [0.5, 0.6) is 5.75 Å². The largest absolute Gasteiger partial charge is 0.489 e. The van der Waals surface area contributed by atoms with E-state index in [0.29, 0.717) is 23.9 Å². The molecule has 0 unspecified atom stereocenters. The number of carbonyl (C=O) groups excluding carboxylic acids is 1. The third-order valence-electron chi connectivity index (χ3n) is 4.31. The van der Waals surface area contributed by atoms with Gasteiger partial charge in [-0.25, -0.2) is 0 Å². The number of amides is 1. The Morgan fingerprint density at radius 1 is 1.07 bits per heavy atom. The van der Waals surface area contributed by atoms with E-state index < -0.39 is 0 Å². The van der Waals surface area contributed by atoms with Crippen LogP contribution in [-0.2, 0) is 17.9 Å². The zero-order valence-corrected chi connectivity index (χ0v) is 16.4. The van der Waals surface area contributed by atoms with E-state index in [2.05, 4.69) is 25.7 Å². The Hall–Kier alpha value is -4.07. The van der Waals surface area contributed by atoms with Crippen LogP contribution in [0.15, 0.2) is 73.1 Å². The quantitative estimate of drug-likeness (QED) is 0.512. The molecule has 0 spiro atoms. The first-order valence-electron chi connectivity index (χ1n) is 9.42. The van der Waals surface area contributed by atoms with Crippen LogP contribution in [-0.4, -0.2) is 31.1 Å². The third kappa shape index (κ3) is 5.05. The highest BCUT2D eigenvalue weighted by molar-refractivity contribution is 5.90. The van der Waals surface area contributed by atoms with Crippen LogP contribution < -0.4 is 10.1 Å². The van der Waals surface area contributed by atoms with Crippen molar-refractivity contribution in [3.05, 3.63) is 84.2 Å². The molecule has 30 heavy (non-hydrogen) atoms. The van der Waals surface area contributed by atoms with Crippen LogP contribution in [0, 0.1) is 6.92 Å². The van der Waals surface area contributed by atoms with Crippen molar-refractivity contribution in [3.63, 3.8) is 0 Å². The third-order valence-corrected chi connectivity index (χ3v) is 4.31. The number of hydrogen-bond donors (Lipinski definition) is 1. The standard InChI is InChI=1S/C22H20N6O2/c1-16-4-6-18(7-5-16)22-25-27-28(26-22)14-21(29)24-19-8-10-20(11-9-19)30-15-17-3-2-12-23-13-17/h2-13H,14-15H2,1H3,(H,24,29). The molecule has 0 saturated heterocycles. The zero-order valence-electron chi connectivity index (χ0n) is 16.4. The number of aromatic nitrogens is 5. The van der Waals surface area contributed by atoms with Crippen molar-refractivity contribution >= 4 is 11.6 Å². The first-order chi connectivity index (χ1) is 14.7. The highest BCUT2D eigenvalue weighted by Crippen LogP contribution is 2.17. The van der Waals surface area contributed by atoms with Gasteiger partial charge in [0.05, 0.1) is 0 Å². The van der Waals surface area contributed by atoms with Crippen molar-refractivity contribution in [3.8, 4) is 17.1 Å². The van der Waals surface area contributed by atoms with Crippen molar-refractivity contribution in [2.24, 2.45) is 0 Å². The maximum Gasteiger partial charge on any atom is 0.248 e. The normalized spacial score (nSPS) is 10.6. The number of anilines is 1. The molecule has 0 radical (unpaired) electrons. The fraction of sp³-hybridized carbons (Fsp3) is 0.136. The van der Waals surface area contributed by atoms with Crippen LogP contribution in [0.25, 0.3) is 11.4 Å². The molecule has 0 aliphatic rings. The Bertz CT molecular complexity index is 1110. The van der Waals surface area contributed by atoms with Crippen molar-refractivity contribution in [1.82, 2.24) is 25.2 Å². The van der Waals surface area contributed by atoms with Gasteiger partial charge in [0.25, 0.3) is 0 Å². The van der Waals surface area contributed by atoms with E-state index in [1.54, 1.807) is 36.7 Å². The van der Waals surface area contributed by atoms with E-state index in [0.717, 1.165) is 16.7 Å². The molecular formula is C22H20N6O2. The minimum atomic E-state index is -0.244. The van der Waals surface area contributed by atoms with Gasteiger partial charge >= 0.3 is 0 Å². The van der Waals surface area contributed by atoms with E-state index in [1.807, 2.05) is 43.3 Å². The van der Waals surface area contributed by atoms with Gasteiger partial charge in [-0.3, -0.25) is 9.78 Å². The summed E-state index contributed by atoms with van der Waals surface area (Å²) in [4.78, 5) is 17.6. The minimum absolute atomic E-state index is 0.0296. The number of hydrogen-bond acceptors (Lipinski definition) is 6. The molecule has 1 amide bonds. The molecule has 2 aromatic carbocycles. The number of tetrazole rings is 1. The second-order valence-corrected chi connectivity index (χ2v) is 6.73. The summed E-state index contributed by atoms with van der Waals surface area (Å²) in [5.74, 6) is 0.947. The highest BCUT2D eigenvalue weighted by Gasteiger charge is 2.10. The van der Waals surface area contributed by atoms with Crippen molar-refractivity contribution in [2.45, 2.75) is 20.1 Å². The zero-order chi connectivity index (χ0) is 20.8. The SMILES string of the molecule is Cc1ccc(-c2nnn(CC(=O)Nc3ccc(OCc4cccnc4)cc3)n2)cc1. The Morgan fingerprint density at radius 3 is 2.60 bits per heavy atom. The van der Waals surface area contributed by atoms with Crippen molar-refractivity contribution < 1.29 is 9.53 Å². The van der Waals surface area contributed by atoms with Gasteiger partial charge in [0.15, 0.2) is 0 Å². The molecule has 2 heterocycles. The van der Waals surface area contributed by atoms with Crippen LogP contribution in [0.2, 0.25) is 0 Å². The molecule has 0 saturated carbocycles. The van der Waals surface area contributed by atoms with Gasteiger partial charge in [-0.1, -0.05) is 35.9 Å². The lowest BCUT2D eigenvalue weighted by atomic mass is 10.1. The van der Waals surface area contributed by atoms with E-state index in [4.69, 9.17) is 4.74 Å². The number of nitrogens with zero attached hydrogens (tertiary/aromatic N) is 5. The lowest BCUT2D eigenvalue weighted by molar-refractivity contribution is -0.117. The van der Waals surface area contributed by atoms with E-state index in [9.17, 15) is 4.79 Å². The summed E-state index contributed by atoms with van der Waals surface area (Å²) in [6.45, 7) is 2.41. The highest BCUT2D eigenvalue weighted by atomic mass is 16.5. The molecular weight excluding hydrogens is 380 g/mol. The Kier molecular flexibility index (Phi) is 5.75. The maximum atomic E-state index is 12.3. The molecule has 0 bridgehead atoms. The molecule has 4 aromatic rings. The first-order valence-corrected chi connectivity index (χ1v) is 9.42. The molecule has 8 nitrogen and oxygen atoms in total. The molecule has 150 valence electrons. The van der Waals surface area contributed by atoms with E-state index in [1.165, 1.54) is 4.80 Å². The molecule has 2 aromatic heterocycles. The Labute approximate surface area is 173 Å². The summed E-state index contributed by atoms with van der Waals surface area (Å²) in [7, 11) is 0. The van der Waals surface area contributed by atoms with Gasteiger partial charge in [0.1, 0.15) is 18.9 Å². The van der Waals surface area contributed by atoms with Crippen LogP contribution in [0.3, 0.4) is 0 Å². The molecule has 4 rings (SSSR count). The summed E-state index contributed by atoms with van der Waals surface area (Å²) in [6, 6.07) is 18.8. The molecule has 0 aliphatic carbocycles. The number of nitrogens with one attached hydrogen (secondary N) is 1. The van der Waals surface area contributed by atoms with E-state index in [-0.39, 0.29) is 12.5 Å². The van der Waals surface area contributed by atoms with Crippen molar-refractivity contribution in [2.75, 3.05) is 5.32 Å². The van der Waals surface area contributed by atoms with Crippen LogP contribution >= 0.6 is 0 Å². The van der Waals surface area contributed by atoms with Gasteiger partial charge in [-0.05, 0) is 42.5 Å². The van der Waals surface area contributed by atoms with Gasteiger partial charge < -0.3 is 10.1 Å². The Balaban J connectivity index is 1.30. The maximum absolute atomic E-state index is 12.3. The summed E-state index contributed by atoms with van der Waals surface area (Å²) in [5.41, 5.74) is 3.65. The molecule has 0 atom stereocenters. The summed E-state index contributed by atoms with van der Waals surface area (Å²) < 4.78 is 5.71. The van der Waals surface area contributed by atoms with Crippen LogP contribution in [0.1, 0.15) is 11.1 Å². The lowest BCUT2D eigenvalue weighted by Crippen LogP contribution is -2.20. The number of carbonyl (C=O) groups is 1. The second kappa shape index (κ2) is 8.95. The summed E-state index contributed by atoms with van der Waals surface area (Å²) in [6.07, 6.45) is 3.48. The number of rotatable bonds is 7. The molecule has 0 fully saturated rings. The monoisotopic (exact) mass is 400 g/mol. The topological polar surface area (TPSA) is 94.8 Å². The fourth-order valence-corrected chi connectivity index (χ4v) is 2.74. The number of ether oxygens (including phenoxy) is 1. The number of benzene rings is 2. The minimum Gasteiger partial charge on any atom is -0.489 e.